The highest BCUT2D eigenvalue weighted by Crippen LogP contribution is 2.23. The number of rotatable bonds is 3. The second-order valence-corrected chi connectivity index (χ2v) is 9.62. The first-order valence-electron chi connectivity index (χ1n) is 8.45. The van der Waals surface area contributed by atoms with Crippen molar-refractivity contribution >= 4 is 39.8 Å². The highest BCUT2D eigenvalue weighted by atomic mass is 127. The van der Waals surface area contributed by atoms with Gasteiger partial charge in [-0.2, -0.15) is 5.10 Å². The molecule has 1 N–H and O–H groups in total. The van der Waals surface area contributed by atoms with E-state index in [9.17, 15) is 8.42 Å². The molecular weight excluding hydrogens is 479 g/mol. The number of nitrogens with zero attached hydrogens (tertiary/aromatic N) is 5. The van der Waals surface area contributed by atoms with Crippen molar-refractivity contribution in [2.45, 2.75) is 25.1 Å². The van der Waals surface area contributed by atoms with Gasteiger partial charge in [0.1, 0.15) is 0 Å². The minimum Gasteiger partial charge on any atom is -0.352 e. The van der Waals surface area contributed by atoms with Crippen LogP contribution >= 0.6 is 24.0 Å². The van der Waals surface area contributed by atoms with Gasteiger partial charge in [-0.15, -0.1) is 24.0 Å². The molecule has 10 heteroatoms. The molecule has 3 heterocycles. The van der Waals surface area contributed by atoms with E-state index in [1.807, 2.05) is 29.3 Å². The SMILES string of the molecule is CN=C(NCc1ccnc(-n2cccn2)c1)N1CCS(=O)(=O)C(C)(C)C1.I. The van der Waals surface area contributed by atoms with Gasteiger partial charge >= 0.3 is 0 Å². The molecular formula is C17H25IN6O2S. The van der Waals surface area contributed by atoms with Crippen molar-refractivity contribution in [3.63, 3.8) is 0 Å². The maximum absolute atomic E-state index is 12.2. The molecule has 3 rings (SSSR count). The van der Waals surface area contributed by atoms with Gasteiger partial charge in [0.2, 0.25) is 0 Å². The summed E-state index contributed by atoms with van der Waals surface area (Å²) in [5, 5.41) is 7.50. The van der Waals surface area contributed by atoms with Crippen LogP contribution in [0.2, 0.25) is 0 Å². The molecule has 2 aromatic heterocycles. The Labute approximate surface area is 177 Å². The van der Waals surface area contributed by atoms with E-state index in [1.54, 1.807) is 38.0 Å². The number of hydrogen-bond acceptors (Lipinski definition) is 5. The fourth-order valence-corrected chi connectivity index (χ4v) is 4.30. The van der Waals surface area contributed by atoms with Crippen LogP contribution in [-0.2, 0) is 16.4 Å². The minimum absolute atomic E-state index is 0. The first kappa shape index (κ1) is 21.6. The van der Waals surface area contributed by atoms with Gasteiger partial charge in [-0.05, 0) is 37.6 Å². The number of nitrogens with one attached hydrogen (secondary N) is 1. The summed E-state index contributed by atoms with van der Waals surface area (Å²) in [7, 11) is -1.37. The van der Waals surface area contributed by atoms with Crippen LogP contribution in [0.25, 0.3) is 5.82 Å². The highest BCUT2D eigenvalue weighted by molar-refractivity contribution is 14.0. The Kier molecular flexibility index (Phi) is 6.84. The van der Waals surface area contributed by atoms with E-state index in [-0.39, 0.29) is 29.7 Å². The Hall–Kier alpha value is -1.69. The molecule has 0 spiro atoms. The van der Waals surface area contributed by atoms with Gasteiger partial charge in [0, 0.05) is 45.3 Å². The summed E-state index contributed by atoms with van der Waals surface area (Å²) in [6, 6.07) is 5.73. The Bertz CT molecular complexity index is 896. The molecule has 2 aromatic rings. The molecule has 27 heavy (non-hydrogen) atoms. The molecule has 0 saturated carbocycles. The number of aromatic nitrogens is 3. The number of aliphatic imine (C=N–C) groups is 1. The van der Waals surface area contributed by atoms with Crippen LogP contribution in [0.4, 0.5) is 0 Å². The van der Waals surface area contributed by atoms with E-state index in [0.717, 1.165) is 11.4 Å². The third-order valence-corrected chi connectivity index (χ3v) is 7.09. The number of pyridine rings is 1. The second kappa shape index (κ2) is 8.55. The van der Waals surface area contributed by atoms with Gasteiger partial charge < -0.3 is 10.2 Å². The fraction of sp³-hybridized carbons (Fsp3) is 0.471. The lowest BCUT2D eigenvalue weighted by molar-refractivity contribution is 0.353. The molecule has 1 aliphatic heterocycles. The molecule has 1 aliphatic rings. The van der Waals surface area contributed by atoms with Gasteiger partial charge in [-0.1, -0.05) is 0 Å². The van der Waals surface area contributed by atoms with Crippen molar-refractivity contribution in [1.29, 1.82) is 0 Å². The van der Waals surface area contributed by atoms with Gasteiger partial charge in [0.15, 0.2) is 21.6 Å². The van der Waals surface area contributed by atoms with Gasteiger partial charge in [0.25, 0.3) is 0 Å². The Morgan fingerprint density at radius 2 is 2.15 bits per heavy atom. The highest BCUT2D eigenvalue weighted by Gasteiger charge is 2.40. The topological polar surface area (TPSA) is 92.5 Å². The summed E-state index contributed by atoms with van der Waals surface area (Å²) in [5.74, 6) is 1.58. The van der Waals surface area contributed by atoms with Crippen molar-refractivity contribution < 1.29 is 8.42 Å². The minimum atomic E-state index is -3.08. The largest absolute Gasteiger partial charge is 0.352 e. The predicted molar refractivity (Wildman–Crippen MR) is 116 cm³/mol. The molecule has 1 saturated heterocycles. The van der Waals surface area contributed by atoms with Crippen molar-refractivity contribution in [3.8, 4) is 5.82 Å². The van der Waals surface area contributed by atoms with Crippen LogP contribution in [0, 0.1) is 0 Å². The van der Waals surface area contributed by atoms with E-state index >= 15 is 0 Å². The van der Waals surface area contributed by atoms with Gasteiger partial charge in [-0.25, -0.2) is 18.1 Å². The average molecular weight is 504 g/mol. The molecule has 8 nitrogen and oxygen atoms in total. The van der Waals surface area contributed by atoms with Gasteiger partial charge in [0.05, 0.1) is 10.5 Å². The lowest BCUT2D eigenvalue weighted by atomic mass is 10.2. The van der Waals surface area contributed by atoms with Crippen molar-refractivity contribution in [2.75, 3.05) is 25.9 Å². The van der Waals surface area contributed by atoms with E-state index < -0.39 is 14.6 Å². The lowest BCUT2D eigenvalue weighted by Gasteiger charge is -2.39. The molecule has 0 amide bonds. The van der Waals surface area contributed by atoms with Crippen LogP contribution in [0.5, 0.6) is 0 Å². The zero-order valence-corrected chi connectivity index (χ0v) is 18.8. The molecule has 0 radical (unpaired) electrons. The number of hydrogen-bond donors (Lipinski definition) is 1. The third kappa shape index (κ3) is 4.78. The average Bonchev–Trinajstić information content (AvgIpc) is 3.13. The smallest absolute Gasteiger partial charge is 0.193 e. The van der Waals surface area contributed by atoms with E-state index in [0.29, 0.717) is 25.6 Å². The molecule has 0 unspecified atom stereocenters. The zero-order valence-electron chi connectivity index (χ0n) is 15.7. The molecule has 1 fully saturated rings. The molecule has 0 aromatic carbocycles. The fourth-order valence-electron chi connectivity index (χ4n) is 2.94. The normalized spacial score (nSPS) is 18.6. The van der Waals surface area contributed by atoms with E-state index in [1.165, 1.54) is 0 Å². The maximum Gasteiger partial charge on any atom is 0.193 e. The van der Waals surface area contributed by atoms with Crippen LogP contribution in [-0.4, -0.2) is 64.7 Å². The Morgan fingerprint density at radius 3 is 2.78 bits per heavy atom. The zero-order chi connectivity index (χ0) is 18.8. The predicted octanol–water partition coefficient (Wildman–Crippen LogP) is 1.47. The third-order valence-electron chi connectivity index (χ3n) is 4.55. The first-order chi connectivity index (χ1) is 12.3. The van der Waals surface area contributed by atoms with Crippen LogP contribution in [0.1, 0.15) is 19.4 Å². The molecule has 0 bridgehead atoms. The lowest BCUT2D eigenvalue weighted by Crippen LogP contribution is -2.57. The summed E-state index contributed by atoms with van der Waals surface area (Å²) in [6.07, 6.45) is 5.29. The second-order valence-electron chi connectivity index (χ2n) is 6.87. The van der Waals surface area contributed by atoms with Crippen molar-refractivity contribution in [2.24, 2.45) is 4.99 Å². The van der Waals surface area contributed by atoms with E-state index in [2.05, 4.69) is 20.4 Å². The van der Waals surface area contributed by atoms with Crippen LogP contribution < -0.4 is 5.32 Å². The summed E-state index contributed by atoms with van der Waals surface area (Å²) in [5.41, 5.74) is 1.04. The monoisotopic (exact) mass is 504 g/mol. The maximum atomic E-state index is 12.2. The Balaban J connectivity index is 0.00000261. The molecule has 0 atom stereocenters. The van der Waals surface area contributed by atoms with Crippen molar-refractivity contribution in [3.05, 3.63) is 42.4 Å². The van der Waals surface area contributed by atoms with Crippen molar-refractivity contribution in [1.82, 2.24) is 25.0 Å². The summed E-state index contributed by atoms with van der Waals surface area (Å²) < 4.78 is 25.3. The van der Waals surface area contributed by atoms with Gasteiger partial charge in [-0.3, -0.25) is 4.99 Å². The molecule has 148 valence electrons. The van der Waals surface area contributed by atoms with E-state index in [4.69, 9.17) is 0 Å². The molecule has 0 aliphatic carbocycles. The quantitative estimate of drug-likeness (QED) is 0.387. The number of halogens is 1. The number of guanidine groups is 1. The summed E-state index contributed by atoms with van der Waals surface area (Å²) in [6.45, 7) is 4.96. The van der Waals surface area contributed by atoms with Crippen LogP contribution in [0.3, 0.4) is 0 Å². The first-order valence-corrected chi connectivity index (χ1v) is 10.1. The standard InChI is InChI=1S/C17H24N6O2S.HI/c1-17(2)13-22(9-10-26(17,24)25)16(18-3)20-12-14-5-7-19-15(11-14)23-8-4-6-21-23;/h4-8,11H,9-10,12-13H2,1-3H3,(H,18,20);1H. The number of sulfone groups is 1. The summed E-state index contributed by atoms with van der Waals surface area (Å²) in [4.78, 5) is 10.6. The Morgan fingerprint density at radius 1 is 1.37 bits per heavy atom. The summed E-state index contributed by atoms with van der Waals surface area (Å²) >= 11 is 0. The van der Waals surface area contributed by atoms with Crippen LogP contribution in [0.15, 0.2) is 41.8 Å².